The van der Waals surface area contributed by atoms with Gasteiger partial charge in [-0.1, -0.05) is 18.2 Å². The smallest absolute Gasteiger partial charge is 0.232 e. The molecule has 0 saturated carbocycles. The zero-order valence-corrected chi connectivity index (χ0v) is 12.6. The molecule has 7 nitrogen and oxygen atoms in total. The number of rotatable bonds is 4. The van der Waals surface area contributed by atoms with Gasteiger partial charge in [-0.2, -0.15) is 15.0 Å². The Bertz CT molecular complexity index is 615. The molecule has 1 atom stereocenters. The van der Waals surface area contributed by atoms with E-state index in [1.54, 1.807) is 0 Å². The normalized spacial score (nSPS) is 17.1. The Kier molecular flexibility index (Phi) is 4.45. The fraction of sp³-hybridized carbons (Fsp3) is 0.400. The highest BCUT2D eigenvalue weighted by Crippen LogP contribution is 2.20. The quantitative estimate of drug-likeness (QED) is 0.886. The highest BCUT2D eigenvalue weighted by Gasteiger charge is 2.21. The largest absolute Gasteiger partial charge is 0.379 e. The number of nitrogens with two attached hydrogens (primary N) is 1. The number of morpholine rings is 1. The summed E-state index contributed by atoms with van der Waals surface area (Å²) in [6.07, 6.45) is 0. The molecule has 7 heteroatoms. The number of hydrogen-bond acceptors (Lipinski definition) is 7. The average molecular weight is 300 g/mol. The molecule has 3 N–H and O–H groups in total. The van der Waals surface area contributed by atoms with Crippen LogP contribution in [0.1, 0.15) is 18.8 Å². The van der Waals surface area contributed by atoms with E-state index in [1.165, 1.54) is 0 Å². The maximum atomic E-state index is 5.83. The van der Waals surface area contributed by atoms with Crippen molar-refractivity contribution in [3.8, 4) is 0 Å². The third-order valence-electron chi connectivity index (χ3n) is 3.67. The molecule has 2 heterocycles. The molecule has 1 saturated heterocycles. The first-order chi connectivity index (χ1) is 10.7. The van der Waals surface area contributed by atoms with E-state index in [-0.39, 0.29) is 12.0 Å². The van der Waals surface area contributed by atoms with Gasteiger partial charge in [-0.3, -0.25) is 4.90 Å². The molecule has 1 fully saturated rings. The van der Waals surface area contributed by atoms with Crippen molar-refractivity contribution in [3.05, 3.63) is 36.2 Å². The molecule has 22 heavy (non-hydrogen) atoms. The molecule has 116 valence electrons. The Hall–Kier alpha value is -2.25. The lowest BCUT2D eigenvalue weighted by molar-refractivity contribution is 0.0182. The Labute approximate surface area is 129 Å². The predicted molar refractivity (Wildman–Crippen MR) is 84.8 cm³/mol. The van der Waals surface area contributed by atoms with Crippen LogP contribution in [0.15, 0.2) is 30.3 Å². The number of para-hydroxylation sites is 1. The summed E-state index contributed by atoms with van der Waals surface area (Å²) in [6, 6.07) is 9.83. The van der Waals surface area contributed by atoms with Gasteiger partial charge in [-0.05, 0) is 19.1 Å². The summed E-state index contributed by atoms with van der Waals surface area (Å²) in [6.45, 7) is 5.29. The summed E-state index contributed by atoms with van der Waals surface area (Å²) in [4.78, 5) is 15.2. The first-order valence-electron chi connectivity index (χ1n) is 7.38. The minimum Gasteiger partial charge on any atom is -0.379 e. The van der Waals surface area contributed by atoms with E-state index < -0.39 is 0 Å². The van der Waals surface area contributed by atoms with Gasteiger partial charge in [0.2, 0.25) is 11.9 Å². The highest BCUT2D eigenvalue weighted by molar-refractivity contribution is 5.53. The third kappa shape index (κ3) is 3.49. The molecule has 0 unspecified atom stereocenters. The second-order valence-corrected chi connectivity index (χ2v) is 5.19. The lowest BCUT2D eigenvalue weighted by Gasteiger charge is -2.31. The van der Waals surface area contributed by atoms with Crippen molar-refractivity contribution in [2.45, 2.75) is 13.0 Å². The van der Waals surface area contributed by atoms with Crippen LogP contribution < -0.4 is 11.1 Å². The van der Waals surface area contributed by atoms with Crippen LogP contribution in [0.5, 0.6) is 0 Å². The van der Waals surface area contributed by atoms with Crippen LogP contribution in [0.2, 0.25) is 0 Å². The second-order valence-electron chi connectivity index (χ2n) is 5.19. The van der Waals surface area contributed by atoms with Crippen molar-refractivity contribution < 1.29 is 4.74 Å². The lowest BCUT2D eigenvalue weighted by atomic mass is 10.2. The van der Waals surface area contributed by atoms with E-state index in [1.807, 2.05) is 30.3 Å². The maximum absolute atomic E-state index is 5.83. The van der Waals surface area contributed by atoms with Gasteiger partial charge in [0.15, 0.2) is 5.82 Å². The first-order valence-corrected chi connectivity index (χ1v) is 7.38. The molecule has 0 bridgehead atoms. The molecule has 0 radical (unpaired) electrons. The number of nitrogens with zero attached hydrogens (tertiary/aromatic N) is 4. The summed E-state index contributed by atoms with van der Waals surface area (Å²) in [5.74, 6) is 1.37. The van der Waals surface area contributed by atoms with Crippen LogP contribution in [0.4, 0.5) is 17.6 Å². The number of anilines is 3. The summed E-state index contributed by atoms with van der Waals surface area (Å²) in [7, 11) is 0. The van der Waals surface area contributed by atoms with Crippen molar-refractivity contribution in [2.75, 3.05) is 37.4 Å². The third-order valence-corrected chi connectivity index (χ3v) is 3.67. The number of benzene rings is 1. The highest BCUT2D eigenvalue weighted by atomic mass is 16.5. The molecule has 0 spiro atoms. The molecular formula is C15H20N6O. The molecular weight excluding hydrogens is 280 g/mol. The zero-order chi connectivity index (χ0) is 15.4. The van der Waals surface area contributed by atoms with Gasteiger partial charge in [-0.25, -0.2) is 0 Å². The van der Waals surface area contributed by atoms with Crippen LogP contribution in [0.3, 0.4) is 0 Å². The van der Waals surface area contributed by atoms with Gasteiger partial charge in [0.25, 0.3) is 0 Å². The van der Waals surface area contributed by atoms with Gasteiger partial charge < -0.3 is 15.8 Å². The molecule has 0 amide bonds. The van der Waals surface area contributed by atoms with Gasteiger partial charge in [0.05, 0.1) is 19.3 Å². The van der Waals surface area contributed by atoms with E-state index in [4.69, 9.17) is 10.5 Å². The number of nitrogens with one attached hydrogen (secondary N) is 1. The van der Waals surface area contributed by atoms with Crippen molar-refractivity contribution in [1.29, 1.82) is 0 Å². The standard InChI is InChI=1S/C15H20N6O/c1-11(21-7-9-22-10-8-21)13-18-14(16)20-15(19-13)17-12-5-3-2-4-6-12/h2-6,11H,7-10H2,1H3,(H3,16,17,18,19,20)/t11-/m0/s1. The topological polar surface area (TPSA) is 89.2 Å². The average Bonchev–Trinajstić information content (AvgIpc) is 2.55. The number of hydrogen-bond donors (Lipinski definition) is 2. The van der Waals surface area contributed by atoms with Gasteiger partial charge in [-0.15, -0.1) is 0 Å². The minimum absolute atomic E-state index is 0.0746. The van der Waals surface area contributed by atoms with Crippen molar-refractivity contribution in [1.82, 2.24) is 19.9 Å². The van der Waals surface area contributed by atoms with Crippen LogP contribution >= 0.6 is 0 Å². The molecule has 2 aromatic rings. The summed E-state index contributed by atoms with van der Waals surface area (Å²) >= 11 is 0. The maximum Gasteiger partial charge on any atom is 0.232 e. The fourth-order valence-electron chi connectivity index (χ4n) is 2.43. The van der Waals surface area contributed by atoms with E-state index in [0.29, 0.717) is 11.8 Å². The van der Waals surface area contributed by atoms with Gasteiger partial charge in [0.1, 0.15) is 0 Å². The van der Waals surface area contributed by atoms with E-state index in [9.17, 15) is 0 Å². The molecule has 0 aliphatic carbocycles. The Morgan fingerprint density at radius 3 is 2.59 bits per heavy atom. The van der Waals surface area contributed by atoms with Crippen LogP contribution in [-0.2, 0) is 4.74 Å². The minimum atomic E-state index is 0.0746. The fourth-order valence-corrected chi connectivity index (χ4v) is 2.43. The summed E-state index contributed by atoms with van der Waals surface area (Å²) in [5, 5.41) is 3.16. The van der Waals surface area contributed by atoms with Crippen molar-refractivity contribution in [2.24, 2.45) is 0 Å². The van der Waals surface area contributed by atoms with E-state index in [0.717, 1.165) is 32.0 Å². The monoisotopic (exact) mass is 300 g/mol. The van der Waals surface area contributed by atoms with E-state index >= 15 is 0 Å². The summed E-state index contributed by atoms with van der Waals surface area (Å²) < 4.78 is 5.38. The molecule has 1 aliphatic heterocycles. The van der Waals surface area contributed by atoms with Gasteiger partial charge >= 0.3 is 0 Å². The predicted octanol–water partition coefficient (Wildman–Crippen LogP) is 1.59. The lowest BCUT2D eigenvalue weighted by Crippen LogP contribution is -2.38. The SMILES string of the molecule is C[C@@H](c1nc(N)nc(Nc2ccccc2)n1)N1CCOCC1. The second kappa shape index (κ2) is 6.67. The van der Waals surface area contributed by atoms with Crippen molar-refractivity contribution in [3.63, 3.8) is 0 Å². The van der Waals surface area contributed by atoms with Crippen LogP contribution in [0, 0.1) is 0 Å². The molecule has 1 aromatic heterocycles. The Morgan fingerprint density at radius 2 is 1.86 bits per heavy atom. The Morgan fingerprint density at radius 1 is 1.14 bits per heavy atom. The molecule has 1 aromatic carbocycles. The van der Waals surface area contributed by atoms with Gasteiger partial charge in [0, 0.05) is 18.8 Å². The zero-order valence-electron chi connectivity index (χ0n) is 12.6. The van der Waals surface area contributed by atoms with E-state index in [2.05, 4.69) is 32.1 Å². The number of ether oxygens (including phenoxy) is 1. The van der Waals surface area contributed by atoms with Crippen molar-refractivity contribution >= 4 is 17.6 Å². The Balaban J connectivity index is 1.80. The molecule has 1 aliphatic rings. The number of aromatic nitrogens is 3. The summed E-state index contributed by atoms with van der Waals surface area (Å²) in [5.41, 5.74) is 6.75. The molecule has 3 rings (SSSR count). The first kappa shape index (κ1) is 14.7. The van der Waals surface area contributed by atoms with Crippen LogP contribution in [0.25, 0.3) is 0 Å². The van der Waals surface area contributed by atoms with Crippen LogP contribution in [-0.4, -0.2) is 46.2 Å². The number of nitrogen functional groups attached to an aromatic ring is 1.